The Labute approximate surface area is 90.5 Å². The molecule has 0 saturated heterocycles. The molecule has 2 rings (SSSR count). The fourth-order valence-corrected chi connectivity index (χ4v) is 4.03. The number of nitrogens with one attached hydrogen (secondary N) is 1. The zero-order chi connectivity index (χ0) is 10.1. The molecule has 0 amide bonds. The van der Waals surface area contributed by atoms with Crippen molar-refractivity contribution in [3.05, 3.63) is 22.4 Å². The third-order valence-corrected chi connectivity index (χ3v) is 4.71. The van der Waals surface area contributed by atoms with Gasteiger partial charge in [0, 0.05) is 16.8 Å². The van der Waals surface area contributed by atoms with E-state index in [1.165, 1.54) is 6.42 Å². The van der Waals surface area contributed by atoms with Crippen LogP contribution in [-0.4, -0.2) is 13.1 Å². The second-order valence-electron chi connectivity index (χ2n) is 4.29. The van der Waals surface area contributed by atoms with E-state index in [9.17, 15) is 0 Å². The predicted molar refractivity (Wildman–Crippen MR) is 62.9 cm³/mol. The van der Waals surface area contributed by atoms with Crippen molar-refractivity contribution in [1.82, 2.24) is 5.32 Å². The van der Waals surface area contributed by atoms with Crippen LogP contribution in [0.25, 0.3) is 0 Å². The van der Waals surface area contributed by atoms with Crippen molar-refractivity contribution in [3.63, 3.8) is 0 Å². The van der Waals surface area contributed by atoms with Gasteiger partial charge >= 0.3 is 0 Å². The Morgan fingerprint density at radius 3 is 2.79 bits per heavy atom. The van der Waals surface area contributed by atoms with Crippen LogP contribution in [0.15, 0.2) is 17.5 Å². The van der Waals surface area contributed by atoms with Crippen molar-refractivity contribution in [3.8, 4) is 0 Å². The highest BCUT2D eigenvalue weighted by Crippen LogP contribution is 2.50. The number of rotatable bonds is 3. The maximum absolute atomic E-state index is 3.45. The molecule has 0 bridgehead atoms. The SMILES string of the molecule is CCC1C(NC)C(C)C1c1cccs1. The van der Waals surface area contributed by atoms with Crippen LogP contribution in [0.5, 0.6) is 0 Å². The van der Waals surface area contributed by atoms with Crippen LogP contribution in [0.2, 0.25) is 0 Å². The Bertz CT molecular complexity index is 281. The van der Waals surface area contributed by atoms with Gasteiger partial charge in [-0.15, -0.1) is 11.3 Å². The summed E-state index contributed by atoms with van der Waals surface area (Å²) in [5, 5.41) is 5.64. The summed E-state index contributed by atoms with van der Waals surface area (Å²) in [7, 11) is 2.09. The van der Waals surface area contributed by atoms with Gasteiger partial charge in [-0.1, -0.05) is 26.3 Å². The molecule has 4 atom stereocenters. The molecule has 0 aromatic carbocycles. The van der Waals surface area contributed by atoms with Crippen LogP contribution in [0.3, 0.4) is 0 Å². The second-order valence-corrected chi connectivity index (χ2v) is 5.27. The lowest BCUT2D eigenvalue weighted by molar-refractivity contribution is 0.0871. The fraction of sp³-hybridized carbons (Fsp3) is 0.667. The van der Waals surface area contributed by atoms with E-state index in [1.807, 2.05) is 11.3 Å². The van der Waals surface area contributed by atoms with E-state index in [-0.39, 0.29) is 0 Å². The molecular weight excluding hydrogens is 190 g/mol. The van der Waals surface area contributed by atoms with Gasteiger partial charge in [0.05, 0.1) is 0 Å². The first kappa shape index (κ1) is 10.2. The van der Waals surface area contributed by atoms with E-state index in [2.05, 4.69) is 43.7 Å². The highest BCUT2D eigenvalue weighted by Gasteiger charge is 2.46. The average Bonchev–Trinajstić information content (AvgIpc) is 2.67. The lowest BCUT2D eigenvalue weighted by atomic mass is 9.60. The topological polar surface area (TPSA) is 12.0 Å². The third-order valence-electron chi connectivity index (χ3n) is 3.73. The van der Waals surface area contributed by atoms with Gasteiger partial charge < -0.3 is 5.32 Å². The van der Waals surface area contributed by atoms with Crippen LogP contribution >= 0.6 is 11.3 Å². The molecule has 0 aliphatic heterocycles. The van der Waals surface area contributed by atoms with Crippen molar-refractivity contribution < 1.29 is 0 Å². The third kappa shape index (κ3) is 1.41. The predicted octanol–water partition coefficient (Wildman–Crippen LogP) is 3.10. The highest BCUT2D eigenvalue weighted by molar-refractivity contribution is 7.10. The molecule has 1 nitrogen and oxygen atoms in total. The highest BCUT2D eigenvalue weighted by atomic mass is 32.1. The van der Waals surface area contributed by atoms with Gasteiger partial charge in [-0.2, -0.15) is 0 Å². The Morgan fingerprint density at radius 1 is 1.50 bits per heavy atom. The molecule has 1 N–H and O–H groups in total. The Balaban J connectivity index is 2.14. The summed E-state index contributed by atoms with van der Waals surface area (Å²) in [5.41, 5.74) is 0. The zero-order valence-corrected chi connectivity index (χ0v) is 9.97. The average molecular weight is 209 g/mol. The minimum Gasteiger partial charge on any atom is -0.316 e. The van der Waals surface area contributed by atoms with Gasteiger partial charge in [-0.05, 0) is 30.3 Å². The second kappa shape index (κ2) is 4.03. The normalized spacial score (nSPS) is 36.8. The van der Waals surface area contributed by atoms with Gasteiger partial charge in [0.1, 0.15) is 0 Å². The van der Waals surface area contributed by atoms with Crippen LogP contribution in [0.4, 0.5) is 0 Å². The van der Waals surface area contributed by atoms with Crippen molar-refractivity contribution in [2.24, 2.45) is 11.8 Å². The molecule has 1 aromatic heterocycles. The minimum absolute atomic E-state index is 0.729. The van der Waals surface area contributed by atoms with Crippen molar-refractivity contribution in [2.45, 2.75) is 32.2 Å². The Kier molecular flexibility index (Phi) is 2.93. The van der Waals surface area contributed by atoms with E-state index in [0.29, 0.717) is 0 Å². The summed E-state index contributed by atoms with van der Waals surface area (Å²) in [6.07, 6.45) is 1.29. The molecule has 1 heterocycles. The van der Waals surface area contributed by atoms with Crippen LogP contribution < -0.4 is 5.32 Å². The summed E-state index contributed by atoms with van der Waals surface area (Å²) in [6, 6.07) is 5.19. The monoisotopic (exact) mass is 209 g/mol. The molecule has 4 unspecified atom stereocenters. The smallest absolute Gasteiger partial charge is 0.0130 e. The Hall–Kier alpha value is -0.340. The van der Waals surface area contributed by atoms with E-state index in [0.717, 1.165) is 23.8 Å². The van der Waals surface area contributed by atoms with E-state index >= 15 is 0 Å². The van der Waals surface area contributed by atoms with Gasteiger partial charge in [0.25, 0.3) is 0 Å². The first-order valence-electron chi connectivity index (χ1n) is 5.50. The fourth-order valence-electron chi connectivity index (χ4n) is 3.02. The molecule has 1 aliphatic carbocycles. The van der Waals surface area contributed by atoms with E-state index in [4.69, 9.17) is 0 Å². The first-order valence-corrected chi connectivity index (χ1v) is 6.38. The summed E-state index contributed by atoms with van der Waals surface area (Å²) in [5.74, 6) is 2.44. The van der Waals surface area contributed by atoms with Gasteiger partial charge in [0.2, 0.25) is 0 Å². The molecule has 0 radical (unpaired) electrons. The number of hydrogen-bond donors (Lipinski definition) is 1. The lowest BCUT2D eigenvalue weighted by Gasteiger charge is -2.50. The largest absolute Gasteiger partial charge is 0.316 e. The van der Waals surface area contributed by atoms with Crippen LogP contribution in [-0.2, 0) is 0 Å². The van der Waals surface area contributed by atoms with E-state index < -0.39 is 0 Å². The maximum Gasteiger partial charge on any atom is 0.0130 e. The van der Waals surface area contributed by atoms with Crippen LogP contribution in [0, 0.1) is 11.8 Å². The van der Waals surface area contributed by atoms with Gasteiger partial charge in [0.15, 0.2) is 0 Å². The van der Waals surface area contributed by atoms with Gasteiger partial charge in [-0.3, -0.25) is 0 Å². The molecule has 14 heavy (non-hydrogen) atoms. The van der Waals surface area contributed by atoms with E-state index in [1.54, 1.807) is 4.88 Å². The quantitative estimate of drug-likeness (QED) is 0.806. The van der Waals surface area contributed by atoms with Gasteiger partial charge in [-0.25, -0.2) is 0 Å². The molecular formula is C12H19NS. The van der Waals surface area contributed by atoms with Crippen molar-refractivity contribution in [1.29, 1.82) is 0 Å². The summed E-state index contributed by atoms with van der Waals surface area (Å²) in [4.78, 5) is 1.58. The maximum atomic E-state index is 3.45. The molecule has 78 valence electrons. The molecule has 1 aliphatic rings. The number of hydrogen-bond acceptors (Lipinski definition) is 2. The molecule has 1 fully saturated rings. The number of thiophene rings is 1. The standard InChI is InChI=1S/C12H19NS/c1-4-9-11(8(2)12(9)13-3)10-6-5-7-14-10/h5-9,11-13H,4H2,1-3H3. The van der Waals surface area contributed by atoms with Crippen molar-refractivity contribution in [2.75, 3.05) is 7.05 Å². The zero-order valence-electron chi connectivity index (χ0n) is 9.16. The Morgan fingerprint density at radius 2 is 2.29 bits per heavy atom. The summed E-state index contributed by atoms with van der Waals surface area (Å²) >= 11 is 1.91. The first-order chi connectivity index (χ1) is 6.79. The molecule has 0 spiro atoms. The lowest BCUT2D eigenvalue weighted by Crippen LogP contribution is -2.54. The summed E-state index contributed by atoms with van der Waals surface area (Å²) < 4.78 is 0. The molecule has 1 saturated carbocycles. The van der Waals surface area contributed by atoms with Crippen molar-refractivity contribution >= 4 is 11.3 Å². The molecule has 1 aromatic rings. The molecule has 2 heteroatoms. The minimum atomic E-state index is 0.729. The summed E-state index contributed by atoms with van der Waals surface area (Å²) in [6.45, 7) is 4.68. The van der Waals surface area contributed by atoms with Crippen LogP contribution in [0.1, 0.15) is 31.1 Å².